The van der Waals surface area contributed by atoms with Gasteiger partial charge in [-0.05, 0) is 37.2 Å². The van der Waals surface area contributed by atoms with Crippen molar-refractivity contribution in [3.05, 3.63) is 36.3 Å². The highest BCUT2D eigenvalue weighted by Gasteiger charge is 2.18. The van der Waals surface area contributed by atoms with Gasteiger partial charge in [0.25, 0.3) is 5.91 Å². The molecule has 0 saturated carbocycles. The maximum Gasteiger partial charge on any atom is 0.291 e. The summed E-state index contributed by atoms with van der Waals surface area (Å²) in [6.07, 6.45) is 3.71. The zero-order chi connectivity index (χ0) is 19.9. The van der Waals surface area contributed by atoms with Gasteiger partial charge in [0.2, 0.25) is 0 Å². The van der Waals surface area contributed by atoms with E-state index in [0.717, 1.165) is 19.4 Å². The van der Waals surface area contributed by atoms with Gasteiger partial charge in [-0.3, -0.25) is 4.79 Å². The molecule has 0 unspecified atom stereocenters. The number of methoxy groups -OCH3 is 2. The molecule has 3 rings (SSSR count). The van der Waals surface area contributed by atoms with E-state index < -0.39 is 0 Å². The fourth-order valence-corrected chi connectivity index (χ4v) is 3.06. The lowest BCUT2D eigenvalue weighted by Gasteiger charge is -2.18. The summed E-state index contributed by atoms with van der Waals surface area (Å²) in [6.45, 7) is 1.44. The van der Waals surface area contributed by atoms with Crippen molar-refractivity contribution in [1.29, 1.82) is 0 Å². The van der Waals surface area contributed by atoms with Crippen molar-refractivity contribution in [3.63, 3.8) is 0 Å². The van der Waals surface area contributed by atoms with Gasteiger partial charge in [0.05, 0.1) is 38.0 Å². The average molecular weight is 405 g/mol. The van der Waals surface area contributed by atoms with Crippen LogP contribution in [0.3, 0.4) is 0 Å². The number of hydrogen-bond acceptors (Lipinski definition) is 6. The predicted molar refractivity (Wildman–Crippen MR) is 109 cm³/mol. The quantitative estimate of drug-likeness (QED) is 0.606. The molecule has 1 saturated heterocycles. The van der Waals surface area contributed by atoms with Crippen molar-refractivity contribution in [2.24, 2.45) is 0 Å². The standard InChI is InChI=1S/C19H23N3O5S/c1-24-16-10-14(22-19(28)20-11-12-5-3-7-26-12)17(25-2)9-13(16)21-18(23)15-6-4-8-27-15/h4,6,8-10,12H,3,5,7,11H2,1-2H3,(H,21,23)(H2,20,22,28)/t12-/m0/s1. The number of thiocarbonyl (C=S) groups is 1. The van der Waals surface area contributed by atoms with Gasteiger partial charge >= 0.3 is 0 Å². The summed E-state index contributed by atoms with van der Waals surface area (Å²) in [5, 5.41) is 9.44. The van der Waals surface area contributed by atoms with Crippen molar-refractivity contribution < 1.29 is 23.4 Å². The van der Waals surface area contributed by atoms with E-state index in [2.05, 4.69) is 16.0 Å². The SMILES string of the molecule is COc1cc(NC(=S)NC[C@@H]2CCCO2)c(OC)cc1NC(=O)c1ccco1. The Morgan fingerprint density at radius 1 is 1.21 bits per heavy atom. The molecule has 1 aromatic carbocycles. The van der Waals surface area contributed by atoms with Crippen LogP contribution in [0.15, 0.2) is 34.9 Å². The Labute approximate surface area is 168 Å². The third-order valence-corrected chi connectivity index (χ3v) is 4.52. The first-order valence-corrected chi connectivity index (χ1v) is 9.29. The monoisotopic (exact) mass is 405 g/mol. The zero-order valence-electron chi connectivity index (χ0n) is 15.7. The van der Waals surface area contributed by atoms with Crippen LogP contribution in [-0.4, -0.2) is 44.5 Å². The minimum atomic E-state index is -0.389. The van der Waals surface area contributed by atoms with Crippen LogP contribution in [0.5, 0.6) is 11.5 Å². The second kappa shape index (κ2) is 9.43. The summed E-state index contributed by atoms with van der Waals surface area (Å²) >= 11 is 5.36. The second-order valence-corrected chi connectivity index (χ2v) is 6.56. The van der Waals surface area contributed by atoms with E-state index in [-0.39, 0.29) is 17.8 Å². The lowest BCUT2D eigenvalue weighted by atomic mass is 10.2. The number of carbonyl (C=O) groups excluding carboxylic acids is 1. The number of hydrogen-bond donors (Lipinski definition) is 3. The molecule has 1 atom stereocenters. The van der Waals surface area contributed by atoms with Crippen LogP contribution in [0.1, 0.15) is 23.4 Å². The van der Waals surface area contributed by atoms with E-state index in [4.69, 9.17) is 30.8 Å². The Kier molecular flexibility index (Phi) is 6.72. The first-order chi connectivity index (χ1) is 13.6. The van der Waals surface area contributed by atoms with E-state index in [0.29, 0.717) is 34.5 Å². The van der Waals surface area contributed by atoms with E-state index in [1.165, 1.54) is 20.5 Å². The average Bonchev–Trinajstić information content (AvgIpc) is 3.41. The van der Waals surface area contributed by atoms with Gasteiger partial charge in [0.15, 0.2) is 10.9 Å². The molecular weight excluding hydrogens is 382 g/mol. The summed E-state index contributed by atoms with van der Waals surface area (Å²) in [7, 11) is 3.05. The van der Waals surface area contributed by atoms with Crippen LogP contribution >= 0.6 is 12.2 Å². The largest absolute Gasteiger partial charge is 0.494 e. The molecule has 1 aliphatic rings. The molecule has 1 amide bonds. The first-order valence-electron chi connectivity index (χ1n) is 8.88. The predicted octanol–water partition coefficient (Wildman–Crippen LogP) is 3.01. The van der Waals surface area contributed by atoms with Crippen LogP contribution in [0.4, 0.5) is 11.4 Å². The van der Waals surface area contributed by atoms with Crippen molar-refractivity contribution >= 4 is 34.6 Å². The number of furan rings is 1. The van der Waals surface area contributed by atoms with Gasteiger partial charge in [-0.2, -0.15) is 0 Å². The topological polar surface area (TPSA) is 94.0 Å². The molecule has 8 nitrogen and oxygen atoms in total. The molecule has 3 N–H and O–H groups in total. The Balaban J connectivity index is 1.70. The molecule has 1 fully saturated rings. The molecule has 0 bridgehead atoms. The number of anilines is 2. The fourth-order valence-electron chi connectivity index (χ4n) is 2.86. The van der Waals surface area contributed by atoms with Crippen LogP contribution in [-0.2, 0) is 4.74 Å². The maximum atomic E-state index is 12.3. The highest BCUT2D eigenvalue weighted by atomic mass is 32.1. The lowest BCUT2D eigenvalue weighted by molar-refractivity contribution is 0.0996. The van der Waals surface area contributed by atoms with E-state index in [9.17, 15) is 4.79 Å². The minimum absolute atomic E-state index is 0.176. The number of amides is 1. The normalized spacial score (nSPS) is 15.7. The van der Waals surface area contributed by atoms with Crippen LogP contribution in [0.2, 0.25) is 0 Å². The summed E-state index contributed by atoms with van der Waals surface area (Å²) in [6, 6.07) is 6.58. The third-order valence-electron chi connectivity index (χ3n) is 4.28. The molecule has 150 valence electrons. The number of nitrogens with one attached hydrogen (secondary N) is 3. The summed E-state index contributed by atoms with van der Waals surface area (Å²) in [5.74, 6) is 0.754. The Hall–Kier alpha value is -2.78. The number of ether oxygens (including phenoxy) is 3. The second-order valence-electron chi connectivity index (χ2n) is 6.15. The third kappa shape index (κ3) is 4.93. The van der Waals surface area contributed by atoms with Crippen molar-refractivity contribution in [1.82, 2.24) is 5.32 Å². The molecule has 28 heavy (non-hydrogen) atoms. The van der Waals surface area contributed by atoms with Crippen LogP contribution in [0, 0.1) is 0 Å². The number of benzene rings is 1. The van der Waals surface area contributed by atoms with Crippen molar-refractivity contribution in [3.8, 4) is 11.5 Å². The molecule has 2 heterocycles. The highest BCUT2D eigenvalue weighted by molar-refractivity contribution is 7.80. The molecule has 1 aromatic heterocycles. The van der Waals surface area contributed by atoms with Gasteiger partial charge in [-0.1, -0.05) is 0 Å². The first kappa shape index (κ1) is 20.0. The van der Waals surface area contributed by atoms with Crippen LogP contribution < -0.4 is 25.4 Å². The van der Waals surface area contributed by atoms with Crippen molar-refractivity contribution in [2.45, 2.75) is 18.9 Å². The minimum Gasteiger partial charge on any atom is -0.494 e. The van der Waals surface area contributed by atoms with Crippen molar-refractivity contribution in [2.75, 3.05) is 38.0 Å². The summed E-state index contributed by atoms with van der Waals surface area (Å²) < 4.78 is 21.5. The molecule has 0 aliphatic carbocycles. The van der Waals surface area contributed by atoms with Gasteiger partial charge in [-0.15, -0.1) is 0 Å². The molecule has 1 aliphatic heterocycles. The van der Waals surface area contributed by atoms with E-state index in [1.54, 1.807) is 24.3 Å². The van der Waals surface area contributed by atoms with Gasteiger partial charge in [0.1, 0.15) is 11.5 Å². The molecule has 0 radical (unpaired) electrons. The Bertz CT molecular complexity index is 819. The molecule has 0 spiro atoms. The summed E-state index contributed by atoms with van der Waals surface area (Å²) in [5.41, 5.74) is 1.06. The van der Waals surface area contributed by atoms with E-state index in [1.807, 2.05) is 0 Å². The summed E-state index contributed by atoms with van der Waals surface area (Å²) in [4.78, 5) is 12.3. The Morgan fingerprint density at radius 2 is 1.93 bits per heavy atom. The smallest absolute Gasteiger partial charge is 0.291 e. The van der Waals surface area contributed by atoms with Crippen LogP contribution in [0.25, 0.3) is 0 Å². The Morgan fingerprint density at radius 3 is 2.50 bits per heavy atom. The van der Waals surface area contributed by atoms with Gasteiger partial charge in [0, 0.05) is 25.3 Å². The molecular formula is C19H23N3O5S. The molecule has 2 aromatic rings. The highest BCUT2D eigenvalue weighted by Crippen LogP contribution is 2.36. The lowest BCUT2D eigenvalue weighted by Crippen LogP contribution is -2.34. The van der Waals surface area contributed by atoms with Gasteiger partial charge < -0.3 is 34.6 Å². The molecule has 9 heteroatoms. The maximum absolute atomic E-state index is 12.3. The fraction of sp³-hybridized carbons (Fsp3) is 0.368. The van der Waals surface area contributed by atoms with Gasteiger partial charge in [-0.25, -0.2) is 0 Å². The number of rotatable bonds is 7. The van der Waals surface area contributed by atoms with E-state index >= 15 is 0 Å². The number of carbonyl (C=O) groups is 1. The zero-order valence-corrected chi connectivity index (χ0v) is 16.6.